The average molecular weight is 518 g/mol. The molecule has 0 aliphatic heterocycles. The van der Waals surface area contributed by atoms with Crippen LogP contribution in [-0.2, 0) is 19.5 Å². The highest BCUT2D eigenvalue weighted by Gasteiger charge is 2.15. The molecule has 182 valence electrons. The summed E-state index contributed by atoms with van der Waals surface area (Å²) < 4.78 is 7.23. The molecule has 4 rings (SSSR count). The van der Waals surface area contributed by atoms with Crippen molar-refractivity contribution in [2.45, 2.75) is 19.5 Å². The average Bonchev–Trinajstić information content (AvgIpc) is 3.35. The predicted octanol–water partition coefficient (Wildman–Crippen LogP) is 4.70. The van der Waals surface area contributed by atoms with Crippen molar-refractivity contribution in [3.63, 3.8) is 0 Å². The number of nitrogens with one attached hydrogen (secondary N) is 1. The van der Waals surface area contributed by atoms with Gasteiger partial charge in [-0.2, -0.15) is 5.26 Å². The van der Waals surface area contributed by atoms with Crippen LogP contribution in [0, 0.1) is 11.3 Å². The van der Waals surface area contributed by atoms with Crippen LogP contribution in [-0.4, -0.2) is 43.2 Å². The van der Waals surface area contributed by atoms with Gasteiger partial charge in [0.1, 0.15) is 0 Å². The summed E-state index contributed by atoms with van der Waals surface area (Å²) in [6, 6.07) is 15.2. The molecule has 10 heteroatoms. The molecule has 0 spiro atoms. The zero-order valence-electron chi connectivity index (χ0n) is 19.6. The molecule has 0 unspecified atom stereocenters. The van der Waals surface area contributed by atoms with Gasteiger partial charge in [0.25, 0.3) is 0 Å². The maximum Gasteiger partial charge on any atom is 0.213 e. The number of hydrogen-bond donors (Lipinski definition) is 1. The molecule has 0 fully saturated rings. The zero-order valence-corrected chi connectivity index (χ0v) is 21.2. The lowest BCUT2D eigenvalue weighted by Gasteiger charge is -2.26. The minimum Gasteiger partial charge on any atom is -0.481 e. The van der Waals surface area contributed by atoms with Gasteiger partial charge < -0.3 is 19.5 Å². The van der Waals surface area contributed by atoms with Crippen LogP contribution in [0.1, 0.15) is 22.4 Å². The molecule has 0 amide bonds. The Kier molecular flexibility index (Phi) is 8.44. The summed E-state index contributed by atoms with van der Waals surface area (Å²) >= 11 is 12.2. The van der Waals surface area contributed by atoms with Gasteiger partial charge in [0, 0.05) is 56.4 Å². The van der Waals surface area contributed by atoms with Crippen molar-refractivity contribution in [3.05, 3.63) is 101 Å². The number of methoxy groups -OCH3 is 1. The van der Waals surface area contributed by atoms with Crippen LogP contribution in [0.15, 0.2) is 73.6 Å². The topological polar surface area (TPSA) is 91.9 Å². The molecule has 0 atom stereocenters. The molecule has 8 nitrogen and oxygen atoms in total. The quantitative estimate of drug-likeness (QED) is 0.319. The lowest BCUT2D eigenvalue weighted by Crippen LogP contribution is -2.36. The normalized spacial score (nSPS) is 10.5. The van der Waals surface area contributed by atoms with Crippen molar-refractivity contribution in [1.29, 1.82) is 5.26 Å². The van der Waals surface area contributed by atoms with E-state index in [1.165, 1.54) is 0 Å². The molecule has 36 heavy (non-hydrogen) atoms. The number of pyridine rings is 2. The summed E-state index contributed by atoms with van der Waals surface area (Å²) in [5, 5.41) is 13.4. The third-order valence-corrected chi connectivity index (χ3v) is 6.27. The summed E-state index contributed by atoms with van der Waals surface area (Å²) in [5.74, 6) is 0.530. The molecule has 3 aromatic heterocycles. The minimum absolute atomic E-state index is 0.514. The Bertz CT molecular complexity index is 1350. The van der Waals surface area contributed by atoms with Gasteiger partial charge in [-0.15, -0.1) is 0 Å². The summed E-state index contributed by atoms with van der Waals surface area (Å²) in [6.07, 6.45) is 9.42. The fourth-order valence-corrected chi connectivity index (χ4v) is 4.05. The highest BCUT2D eigenvalue weighted by molar-refractivity contribution is 7.80. The minimum atomic E-state index is 0.514. The van der Waals surface area contributed by atoms with E-state index in [9.17, 15) is 0 Å². The van der Waals surface area contributed by atoms with Crippen LogP contribution in [0.2, 0.25) is 5.02 Å². The van der Waals surface area contributed by atoms with Crippen molar-refractivity contribution in [3.8, 4) is 11.9 Å². The van der Waals surface area contributed by atoms with Gasteiger partial charge in [0.2, 0.25) is 5.88 Å². The van der Waals surface area contributed by atoms with E-state index < -0.39 is 0 Å². The van der Waals surface area contributed by atoms with Crippen molar-refractivity contribution in [2.24, 2.45) is 0 Å². The molecule has 4 aromatic rings. The number of ether oxygens (including phenoxy) is 1. The highest BCUT2D eigenvalue weighted by Crippen LogP contribution is 2.18. The Morgan fingerprint density at radius 1 is 1.14 bits per heavy atom. The molecule has 0 radical (unpaired) electrons. The van der Waals surface area contributed by atoms with Crippen molar-refractivity contribution in [1.82, 2.24) is 24.4 Å². The second-order valence-corrected chi connectivity index (χ2v) is 8.77. The lowest BCUT2D eigenvalue weighted by molar-refractivity contribution is 0.398. The Balaban J connectivity index is 1.48. The number of nitrogens with zero attached hydrogens (tertiary/aromatic N) is 6. The summed E-state index contributed by atoms with van der Waals surface area (Å²) in [4.78, 5) is 14.7. The first-order valence-corrected chi connectivity index (χ1v) is 12.0. The van der Waals surface area contributed by atoms with Crippen LogP contribution < -0.4 is 10.1 Å². The molecular formula is C26H24ClN7OS. The summed E-state index contributed by atoms with van der Waals surface area (Å²) in [5.41, 5.74) is 4.49. The van der Waals surface area contributed by atoms with E-state index in [1.807, 2.05) is 48.9 Å². The van der Waals surface area contributed by atoms with Gasteiger partial charge in [-0.05, 0) is 47.6 Å². The van der Waals surface area contributed by atoms with Crippen molar-refractivity contribution in [2.75, 3.05) is 19.0 Å². The number of hydrogen-bond acceptors (Lipinski definition) is 6. The van der Waals surface area contributed by atoms with Crippen LogP contribution in [0.25, 0.3) is 0 Å². The molecular weight excluding hydrogens is 494 g/mol. The molecule has 0 saturated carbocycles. The fourth-order valence-electron chi connectivity index (χ4n) is 3.60. The third kappa shape index (κ3) is 6.56. The van der Waals surface area contributed by atoms with Gasteiger partial charge in [-0.1, -0.05) is 23.7 Å². The van der Waals surface area contributed by atoms with E-state index in [2.05, 4.69) is 35.8 Å². The summed E-state index contributed by atoms with van der Waals surface area (Å²) in [7, 11) is 1.58. The maximum atomic E-state index is 9.03. The first-order valence-electron chi connectivity index (χ1n) is 11.2. The van der Waals surface area contributed by atoms with Crippen LogP contribution in [0.5, 0.6) is 5.88 Å². The first-order chi connectivity index (χ1) is 17.6. The van der Waals surface area contributed by atoms with Crippen LogP contribution in [0.4, 0.5) is 5.69 Å². The number of imidazole rings is 1. The van der Waals surface area contributed by atoms with Gasteiger partial charge in [-0.3, -0.25) is 4.98 Å². The fraction of sp³-hybridized carbons (Fsp3) is 0.192. The smallest absolute Gasteiger partial charge is 0.213 e. The van der Waals surface area contributed by atoms with Crippen LogP contribution >= 0.6 is 23.8 Å². The number of halogens is 1. The van der Waals surface area contributed by atoms with E-state index in [0.29, 0.717) is 47.6 Å². The Labute approximate surface area is 220 Å². The van der Waals surface area contributed by atoms with E-state index in [1.54, 1.807) is 31.8 Å². The van der Waals surface area contributed by atoms with Crippen LogP contribution in [0.3, 0.4) is 0 Å². The molecule has 1 aromatic carbocycles. The second-order valence-electron chi connectivity index (χ2n) is 7.98. The standard InChI is InChI=1S/C26H24ClN7OS/c1-35-25-7-6-22(13-31-25)32-26(36)33(17-21-8-10-29-15-24(21)27)11-9-23-14-30-18-34(23)16-20-4-2-19(12-28)3-5-20/h2-8,10,13-15,18H,9,11,16-17H2,1H3,(H,32,36). The number of aromatic nitrogens is 4. The monoisotopic (exact) mass is 517 g/mol. The number of nitriles is 1. The van der Waals surface area contributed by atoms with Gasteiger partial charge >= 0.3 is 0 Å². The third-order valence-electron chi connectivity index (χ3n) is 5.57. The van der Waals surface area contributed by atoms with E-state index >= 15 is 0 Å². The van der Waals surface area contributed by atoms with E-state index in [0.717, 1.165) is 22.5 Å². The number of anilines is 1. The van der Waals surface area contributed by atoms with Gasteiger partial charge in [-0.25, -0.2) is 9.97 Å². The molecule has 3 heterocycles. The lowest BCUT2D eigenvalue weighted by atomic mass is 10.1. The maximum absolute atomic E-state index is 9.03. The second kappa shape index (κ2) is 12.1. The molecule has 1 N–H and O–H groups in total. The zero-order chi connectivity index (χ0) is 25.3. The number of benzene rings is 1. The summed E-state index contributed by atoms with van der Waals surface area (Å²) in [6.45, 7) is 1.81. The molecule has 0 saturated heterocycles. The Morgan fingerprint density at radius 2 is 1.97 bits per heavy atom. The largest absolute Gasteiger partial charge is 0.481 e. The van der Waals surface area contributed by atoms with Crippen molar-refractivity contribution >= 4 is 34.6 Å². The number of thiocarbonyl (C=S) groups is 1. The van der Waals surface area contributed by atoms with Gasteiger partial charge in [0.05, 0.1) is 42.0 Å². The van der Waals surface area contributed by atoms with E-state index in [4.69, 9.17) is 33.8 Å². The Hall–Kier alpha value is -4.00. The highest BCUT2D eigenvalue weighted by atomic mass is 35.5. The first kappa shape index (κ1) is 25.1. The molecule has 0 bridgehead atoms. The predicted molar refractivity (Wildman–Crippen MR) is 143 cm³/mol. The molecule has 0 aliphatic carbocycles. The van der Waals surface area contributed by atoms with Crippen molar-refractivity contribution < 1.29 is 4.74 Å². The SMILES string of the molecule is COc1ccc(NC(=S)N(CCc2cncn2Cc2ccc(C#N)cc2)Cc2ccncc2Cl)cn1. The number of rotatable bonds is 9. The van der Waals surface area contributed by atoms with E-state index in [-0.39, 0.29) is 0 Å². The Morgan fingerprint density at radius 3 is 2.67 bits per heavy atom. The molecule has 0 aliphatic rings. The van der Waals surface area contributed by atoms with Gasteiger partial charge in [0.15, 0.2) is 5.11 Å².